The number of halogens is 2. The molecule has 2 aromatic rings. The fourth-order valence-corrected chi connectivity index (χ4v) is 5.75. The number of hydrogen-bond acceptors (Lipinski definition) is 6. The average Bonchev–Trinajstić information content (AvgIpc) is 3.16. The third-order valence-corrected chi connectivity index (χ3v) is 8.16. The van der Waals surface area contributed by atoms with E-state index in [-0.39, 0.29) is 17.9 Å². The monoisotopic (exact) mass is 529 g/mol. The summed E-state index contributed by atoms with van der Waals surface area (Å²) in [5.74, 6) is -0.365. The molecule has 1 aliphatic rings. The third-order valence-electron chi connectivity index (χ3n) is 5.95. The molecule has 7 nitrogen and oxygen atoms in total. The fraction of sp³-hybridized carbons (Fsp3) is 0.500. The van der Waals surface area contributed by atoms with Crippen LogP contribution in [0, 0.1) is 0 Å². The summed E-state index contributed by atoms with van der Waals surface area (Å²) in [5.41, 5.74) is 2.51. The lowest BCUT2D eigenvalue weighted by Gasteiger charge is -2.32. The van der Waals surface area contributed by atoms with Crippen LogP contribution in [0.25, 0.3) is 0 Å². The minimum absolute atomic E-state index is 0.0192. The van der Waals surface area contributed by atoms with Crippen LogP contribution in [0.15, 0.2) is 42.5 Å². The Labute approximate surface area is 212 Å². The van der Waals surface area contributed by atoms with Gasteiger partial charge in [-0.2, -0.15) is 0 Å². The minimum Gasteiger partial charge on any atom is -0.392 e. The Kier molecular flexibility index (Phi) is 9.63. The van der Waals surface area contributed by atoms with Crippen LogP contribution in [-0.2, 0) is 16.4 Å². The maximum Gasteiger partial charge on any atom is 0.235 e. The standard InChI is InChI=1S/C24H33Cl2N3O4S/c1-17(30)16-34(32,33)27-20-5-3-4-19(13-20)24(15-29-11-9-21(31)14-29)28(2)10-8-18-6-7-22(25)23(26)12-18/h3-7,12-13,17,21,24,27,30-31H,8-11,14-16H2,1-2H3. The van der Waals surface area contributed by atoms with Crippen LogP contribution in [0.3, 0.4) is 0 Å². The van der Waals surface area contributed by atoms with Crippen molar-refractivity contribution in [2.45, 2.75) is 38.0 Å². The molecule has 1 aliphatic heterocycles. The van der Waals surface area contributed by atoms with E-state index in [0.29, 0.717) is 28.8 Å². The highest BCUT2D eigenvalue weighted by Gasteiger charge is 2.26. The number of hydrogen-bond donors (Lipinski definition) is 3. The van der Waals surface area contributed by atoms with Gasteiger partial charge in [0.15, 0.2) is 0 Å². The van der Waals surface area contributed by atoms with E-state index < -0.39 is 16.1 Å². The number of anilines is 1. The molecule has 1 heterocycles. The van der Waals surface area contributed by atoms with Gasteiger partial charge >= 0.3 is 0 Å². The zero-order chi connectivity index (χ0) is 24.9. The van der Waals surface area contributed by atoms with Crippen molar-refractivity contribution in [2.75, 3.05) is 43.7 Å². The van der Waals surface area contributed by atoms with E-state index in [1.165, 1.54) is 6.92 Å². The molecule has 3 N–H and O–H groups in total. The Hall–Kier alpha value is -1.39. The minimum atomic E-state index is -3.66. The first-order valence-electron chi connectivity index (χ1n) is 11.4. The highest BCUT2D eigenvalue weighted by molar-refractivity contribution is 7.92. The summed E-state index contributed by atoms with van der Waals surface area (Å²) in [5, 5.41) is 20.5. The zero-order valence-corrected chi connectivity index (χ0v) is 21.8. The summed E-state index contributed by atoms with van der Waals surface area (Å²) < 4.78 is 27.2. The number of nitrogens with one attached hydrogen (secondary N) is 1. The van der Waals surface area contributed by atoms with Crippen molar-refractivity contribution in [1.29, 1.82) is 0 Å². The molecule has 2 aromatic carbocycles. The van der Waals surface area contributed by atoms with E-state index in [1.54, 1.807) is 12.1 Å². The molecule has 188 valence electrons. The van der Waals surface area contributed by atoms with Gasteiger partial charge in [-0.25, -0.2) is 8.42 Å². The molecule has 0 aromatic heterocycles. The fourth-order valence-electron chi connectivity index (χ4n) is 4.23. The summed E-state index contributed by atoms with van der Waals surface area (Å²) in [6, 6.07) is 13.0. The number of rotatable bonds is 11. The molecule has 0 saturated carbocycles. The van der Waals surface area contributed by atoms with Crippen molar-refractivity contribution < 1.29 is 18.6 Å². The van der Waals surface area contributed by atoms with Crippen LogP contribution < -0.4 is 4.72 Å². The molecule has 3 atom stereocenters. The van der Waals surface area contributed by atoms with Gasteiger partial charge in [-0.15, -0.1) is 0 Å². The number of aliphatic hydroxyl groups is 2. The van der Waals surface area contributed by atoms with Crippen molar-refractivity contribution >= 4 is 38.9 Å². The normalized spacial score (nSPS) is 18.9. The largest absolute Gasteiger partial charge is 0.392 e. The lowest BCUT2D eigenvalue weighted by Crippen LogP contribution is -2.36. The summed E-state index contributed by atoms with van der Waals surface area (Å²) in [6.45, 7) is 4.34. The Morgan fingerprint density at radius 1 is 1.21 bits per heavy atom. The number of aliphatic hydroxyl groups excluding tert-OH is 2. The molecule has 3 unspecified atom stereocenters. The van der Waals surface area contributed by atoms with Gasteiger partial charge in [-0.3, -0.25) is 14.5 Å². The van der Waals surface area contributed by atoms with Gasteiger partial charge in [-0.1, -0.05) is 41.4 Å². The molecule has 0 spiro atoms. The van der Waals surface area contributed by atoms with Gasteiger partial charge in [0.25, 0.3) is 0 Å². The molecule has 0 amide bonds. The summed E-state index contributed by atoms with van der Waals surface area (Å²) >= 11 is 12.2. The van der Waals surface area contributed by atoms with Gasteiger partial charge in [-0.05, 0) is 62.2 Å². The summed E-state index contributed by atoms with van der Waals surface area (Å²) in [7, 11) is -1.62. The molecule has 0 aliphatic carbocycles. The predicted molar refractivity (Wildman–Crippen MR) is 138 cm³/mol. The summed E-state index contributed by atoms with van der Waals surface area (Å²) in [6.07, 6.45) is 0.245. The molecule has 3 rings (SSSR count). The van der Waals surface area contributed by atoms with E-state index >= 15 is 0 Å². The van der Waals surface area contributed by atoms with E-state index in [0.717, 1.165) is 37.1 Å². The van der Waals surface area contributed by atoms with Crippen LogP contribution in [0.5, 0.6) is 0 Å². The van der Waals surface area contributed by atoms with Crippen molar-refractivity contribution in [3.05, 3.63) is 63.6 Å². The third kappa shape index (κ3) is 8.09. The molecule has 1 saturated heterocycles. The lowest BCUT2D eigenvalue weighted by atomic mass is 10.0. The zero-order valence-electron chi connectivity index (χ0n) is 19.5. The first-order valence-corrected chi connectivity index (χ1v) is 13.8. The average molecular weight is 531 g/mol. The second-order valence-corrected chi connectivity index (χ2v) is 11.6. The van der Waals surface area contributed by atoms with Crippen LogP contribution in [0.1, 0.15) is 30.5 Å². The van der Waals surface area contributed by atoms with E-state index in [9.17, 15) is 18.6 Å². The SMILES string of the molecule is CC(O)CS(=O)(=O)Nc1cccc(C(CN2CCC(O)C2)N(C)CCc2ccc(Cl)c(Cl)c2)c1. The van der Waals surface area contributed by atoms with Crippen LogP contribution >= 0.6 is 23.2 Å². The Morgan fingerprint density at radius 2 is 1.97 bits per heavy atom. The first-order chi connectivity index (χ1) is 16.0. The van der Waals surface area contributed by atoms with Crippen molar-refractivity contribution in [2.24, 2.45) is 0 Å². The molecule has 1 fully saturated rings. The molecule has 0 bridgehead atoms. The van der Waals surface area contributed by atoms with Gasteiger partial charge in [0.05, 0.1) is 28.0 Å². The number of nitrogens with zero attached hydrogens (tertiary/aromatic N) is 2. The molecule has 10 heteroatoms. The van der Waals surface area contributed by atoms with E-state index in [1.807, 2.05) is 37.4 Å². The van der Waals surface area contributed by atoms with Crippen LogP contribution in [0.4, 0.5) is 5.69 Å². The second kappa shape index (κ2) is 12.0. The topological polar surface area (TPSA) is 93.1 Å². The number of sulfonamides is 1. The maximum atomic E-state index is 12.3. The molecule has 34 heavy (non-hydrogen) atoms. The maximum absolute atomic E-state index is 12.3. The van der Waals surface area contributed by atoms with Crippen LogP contribution in [0.2, 0.25) is 10.0 Å². The van der Waals surface area contributed by atoms with E-state index in [4.69, 9.17) is 23.2 Å². The van der Waals surface area contributed by atoms with Gasteiger partial charge in [0.2, 0.25) is 10.0 Å². The van der Waals surface area contributed by atoms with Gasteiger partial charge < -0.3 is 10.2 Å². The number of benzene rings is 2. The van der Waals surface area contributed by atoms with E-state index in [2.05, 4.69) is 14.5 Å². The highest BCUT2D eigenvalue weighted by atomic mass is 35.5. The number of likely N-dealkylation sites (tertiary alicyclic amines) is 1. The Balaban J connectivity index is 1.78. The number of likely N-dealkylation sites (N-methyl/N-ethyl adjacent to an activating group) is 1. The Morgan fingerprint density at radius 3 is 2.62 bits per heavy atom. The Bertz CT molecular complexity index is 1070. The second-order valence-electron chi connectivity index (χ2n) is 9.05. The van der Waals surface area contributed by atoms with Gasteiger partial charge in [0.1, 0.15) is 0 Å². The molecular weight excluding hydrogens is 497 g/mol. The van der Waals surface area contributed by atoms with Gasteiger partial charge in [0, 0.05) is 37.9 Å². The number of β-amino-alcohol motifs (C(OH)–C–C–N with tert-alkyl or cyclic N) is 1. The first kappa shape index (κ1) is 27.2. The lowest BCUT2D eigenvalue weighted by molar-refractivity contribution is 0.150. The predicted octanol–water partition coefficient (Wildman–Crippen LogP) is 3.40. The molecular formula is C24H33Cl2N3O4S. The van der Waals surface area contributed by atoms with Crippen LogP contribution in [-0.4, -0.2) is 79.6 Å². The van der Waals surface area contributed by atoms with Crippen molar-refractivity contribution in [1.82, 2.24) is 9.80 Å². The van der Waals surface area contributed by atoms with Crippen molar-refractivity contribution in [3.63, 3.8) is 0 Å². The smallest absolute Gasteiger partial charge is 0.235 e. The van der Waals surface area contributed by atoms with Crippen molar-refractivity contribution in [3.8, 4) is 0 Å². The molecule has 0 radical (unpaired) electrons. The highest BCUT2D eigenvalue weighted by Crippen LogP contribution is 2.27. The quantitative estimate of drug-likeness (QED) is 0.413. The summed E-state index contributed by atoms with van der Waals surface area (Å²) in [4.78, 5) is 4.46.